The summed E-state index contributed by atoms with van der Waals surface area (Å²) in [7, 11) is 0. The topological polar surface area (TPSA) is 81.9 Å². The molecule has 0 N–H and O–H groups in total. The second kappa shape index (κ2) is 13.5. The summed E-state index contributed by atoms with van der Waals surface area (Å²) in [4.78, 5) is 26.8. The summed E-state index contributed by atoms with van der Waals surface area (Å²) in [5.74, 6) is 0.683. The Hall–Kier alpha value is -5.05. The standard InChI is InChI=1S/C36H30N2O5S/c39-33(28-15-18-34(32(21-28)38(40)41)43-25-27-11-5-2-6-12-27)24-37(23-26-9-3-1-4-10-26)19-20-42-29-16-17-31-30-13-7-8-14-35(30)44-36(31)22-29/h1-18,21-22H,19-20,23-25H2. The number of nitro benzene ring substituents is 1. The highest BCUT2D eigenvalue weighted by atomic mass is 32.1. The smallest absolute Gasteiger partial charge is 0.311 e. The number of nitrogens with zero attached hydrogens (tertiary/aromatic N) is 2. The van der Waals surface area contributed by atoms with Crippen LogP contribution >= 0.6 is 11.3 Å². The van der Waals surface area contributed by atoms with Gasteiger partial charge in [0.1, 0.15) is 19.0 Å². The molecular formula is C36H30N2O5S. The Morgan fingerprint density at radius 2 is 1.45 bits per heavy atom. The molecule has 0 saturated heterocycles. The Morgan fingerprint density at radius 1 is 0.750 bits per heavy atom. The summed E-state index contributed by atoms with van der Waals surface area (Å²) in [5.41, 5.74) is 1.98. The second-order valence-corrected chi connectivity index (χ2v) is 11.5. The van der Waals surface area contributed by atoms with E-state index in [-0.39, 0.29) is 35.9 Å². The molecule has 8 heteroatoms. The lowest BCUT2D eigenvalue weighted by Gasteiger charge is -2.22. The molecule has 5 aromatic carbocycles. The highest BCUT2D eigenvalue weighted by molar-refractivity contribution is 7.25. The van der Waals surface area contributed by atoms with Crippen LogP contribution in [0, 0.1) is 10.1 Å². The molecule has 0 aliphatic carbocycles. The highest BCUT2D eigenvalue weighted by Gasteiger charge is 2.21. The predicted molar refractivity (Wildman–Crippen MR) is 175 cm³/mol. The van der Waals surface area contributed by atoms with Crippen LogP contribution in [-0.2, 0) is 13.2 Å². The number of hydrogen-bond donors (Lipinski definition) is 0. The first-order valence-electron chi connectivity index (χ1n) is 14.3. The fourth-order valence-corrected chi connectivity index (χ4v) is 6.26. The van der Waals surface area contributed by atoms with E-state index >= 15 is 0 Å². The molecule has 6 aromatic rings. The Balaban J connectivity index is 1.14. The lowest BCUT2D eigenvalue weighted by Crippen LogP contribution is -2.33. The van der Waals surface area contributed by atoms with Crippen molar-refractivity contribution in [1.29, 1.82) is 0 Å². The maximum atomic E-state index is 13.4. The van der Waals surface area contributed by atoms with Gasteiger partial charge in [-0.05, 0) is 47.5 Å². The van der Waals surface area contributed by atoms with Gasteiger partial charge in [0.05, 0.1) is 11.5 Å². The molecule has 0 radical (unpaired) electrons. The number of ether oxygens (including phenoxy) is 2. The average Bonchev–Trinajstić information content (AvgIpc) is 3.42. The third-order valence-electron chi connectivity index (χ3n) is 7.36. The lowest BCUT2D eigenvalue weighted by molar-refractivity contribution is -0.386. The number of carbonyl (C=O) groups is 1. The van der Waals surface area contributed by atoms with Crippen molar-refractivity contribution in [3.05, 3.63) is 148 Å². The van der Waals surface area contributed by atoms with Crippen molar-refractivity contribution < 1.29 is 19.2 Å². The largest absolute Gasteiger partial charge is 0.492 e. The van der Waals surface area contributed by atoms with Gasteiger partial charge in [-0.15, -0.1) is 11.3 Å². The number of ketones is 1. The zero-order chi connectivity index (χ0) is 30.3. The minimum Gasteiger partial charge on any atom is -0.492 e. The van der Waals surface area contributed by atoms with E-state index in [0.717, 1.165) is 21.6 Å². The van der Waals surface area contributed by atoms with E-state index in [1.807, 2.05) is 83.8 Å². The molecule has 7 nitrogen and oxygen atoms in total. The zero-order valence-corrected chi connectivity index (χ0v) is 24.7. The summed E-state index contributed by atoms with van der Waals surface area (Å²) in [5, 5.41) is 14.3. The Morgan fingerprint density at radius 3 is 2.23 bits per heavy atom. The molecule has 0 spiro atoms. The van der Waals surface area contributed by atoms with Gasteiger partial charge in [0, 0.05) is 44.9 Å². The number of benzene rings is 5. The average molecular weight is 603 g/mol. The van der Waals surface area contributed by atoms with Crippen LogP contribution in [0.4, 0.5) is 5.69 Å². The van der Waals surface area contributed by atoms with Crippen LogP contribution < -0.4 is 9.47 Å². The fourth-order valence-electron chi connectivity index (χ4n) is 5.13. The first kappa shape index (κ1) is 29.0. The van der Waals surface area contributed by atoms with Gasteiger partial charge < -0.3 is 9.47 Å². The van der Waals surface area contributed by atoms with Crippen molar-refractivity contribution in [2.24, 2.45) is 0 Å². The van der Waals surface area contributed by atoms with Crippen molar-refractivity contribution in [1.82, 2.24) is 4.90 Å². The number of Topliss-reactive ketones (excluding diaryl/α,β-unsaturated/α-hetero) is 1. The van der Waals surface area contributed by atoms with Gasteiger partial charge in [-0.25, -0.2) is 0 Å². The number of hydrogen-bond acceptors (Lipinski definition) is 7. The third-order valence-corrected chi connectivity index (χ3v) is 8.49. The van der Waals surface area contributed by atoms with Gasteiger partial charge in [0.15, 0.2) is 11.5 Å². The number of rotatable bonds is 13. The fraction of sp³-hybridized carbons (Fsp3) is 0.139. The van der Waals surface area contributed by atoms with Gasteiger partial charge in [-0.2, -0.15) is 0 Å². The molecule has 0 atom stereocenters. The first-order chi connectivity index (χ1) is 21.5. The molecule has 6 rings (SSSR count). The van der Waals surface area contributed by atoms with Gasteiger partial charge in [-0.1, -0.05) is 78.9 Å². The van der Waals surface area contributed by atoms with E-state index in [1.54, 1.807) is 17.4 Å². The van der Waals surface area contributed by atoms with E-state index in [4.69, 9.17) is 9.47 Å². The normalized spacial score (nSPS) is 11.2. The predicted octanol–water partition coefficient (Wildman–Crippen LogP) is 8.31. The van der Waals surface area contributed by atoms with Crippen LogP contribution in [0.3, 0.4) is 0 Å². The van der Waals surface area contributed by atoms with Crippen molar-refractivity contribution in [2.45, 2.75) is 13.2 Å². The third kappa shape index (κ3) is 6.94. The molecule has 0 bridgehead atoms. The number of carbonyl (C=O) groups excluding carboxylic acids is 1. The van der Waals surface area contributed by atoms with E-state index in [1.165, 1.54) is 27.6 Å². The maximum absolute atomic E-state index is 13.4. The van der Waals surface area contributed by atoms with Gasteiger partial charge in [0.2, 0.25) is 0 Å². The molecular weight excluding hydrogens is 572 g/mol. The lowest BCUT2D eigenvalue weighted by atomic mass is 10.1. The van der Waals surface area contributed by atoms with Crippen molar-refractivity contribution in [3.8, 4) is 11.5 Å². The highest BCUT2D eigenvalue weighted by Crippen LogP contribution is 2.35. The van der Waals surface area contributed by atoms with Gasteiger partial charge in [-0.3, -0.25) is 19.8 Å². The number of thiophene rings is 1. The molecule has 1 aromatic heterocycles. The first-order valence-corrected chi connectivity index (χ1v) is 15.1. The monoisotopic (exact) mass is 602 g/mol. The molecule has 0 unspecified atom stereocenters. The van der Waals surface area contributed by atoms with Crippen LogP contribution in [-0.4, -0.2) is 35.3 Å². The van der Waals surface area contributed by atoms with E-state index in [2.05, 4.69) is 24.3 Å². The number of nitro groups is 1. The molecule has 1 heterocycles. The maximum Gasteiger partial charge on any atom is 0.311 e. The number of fused-ring (bicyclic) bond motifs is 3. The molecule has 0 amide bonds. The quantitative estimate of drug-likeness (QED) is 0.0751. The van der Waals surface area contributed by atoms with Crippen LogP contribution in [0.5, 0.6) is 11.5 Å². The molecule has 220 valence electrons. The van der Waals surface area contributed by atoms with E-state index < -0.39 is 4.92 Å². The second-order valence-electron chi connectivity index (χ2n) is 10.4. The Labute approximate surface area is 259 Å². The molecule has 0 fully saturated rings. The minimum absolute atomic E-state index is 0.0784. The van der Waals surface area contributed by atoms with Gasteiger partial charge >= 0.3 is 5.69 Å². The summed E-state index contributed by atoms with van der Waals surface area (Å²) in [6.45, 7) is 1.67. The summed E-state index contributed by atoms with van der Waals surface area (Å²) in [6, 6.07) is 38.2. The molecule has 0 saturated carbocycles. The Bertz CT molecular complexity index is 1910. The Kier molecular flexibility index (Phi) is 8.91. The van der Waals surface area contributed by atoms with E-state index in [0.29, 0.717) is 19.7 Å². The molecule has 0 aliphatic heterocycles. The minimum atomic E-state index is -0.514. The SMILES string of the molecule is O=C(CN(CCOc1ccc2c(c1)sc1ccccc12)Cc1ccccc1)c1ccc(OCc2ccccc2)c([N+](=O)[O-])c1. The van der Waals surface area contributed by atoms with Crippen LogP contribution in [0.1, 0.15) is 21.5 Å². The van der Waals surface area contributed by atoms with Crippen LogP contribution in [0.15, 0.2) is 121 Å². The van der Waals surface area contributed by atoms with Crippen LogP contribution in [0.25, 0.3) is 20.2 Å². The molecule has 0 aliphatic rings. The zero-order valence-electron chi connectivity index (χ0n) is 23.9. The van der Waals surface area contributed by atoms with E-state index in [9.17, 15) is 14.9 Å². The molecule has 44 heavy (non-hydrogen) atoms. The van der Waals surface area contributed by atoms with Gasteiger partial charge in [0.25, 0.3) is 0 Å². The summed E-state index contributed by atoms with van der Waals surface area (Å²) < 4.78 is 14.3. The van der Waals surface area contributed by atoms with Crippen molar-refractivity contribution in [3.63, 3.8) is 0 Å². The summed E-state index contributed by atoms with van der Waals surface area (Å²) in [6.07, 6.45) is 0. The van der Waals surface area contributed by atoms with Crippen molar-refractivity contribution in [2.75, 3.05) is 19.7 Å². The summed E-state index contributed by atoms with van der Waals surface area (Å²) >= 11 is 1.74. The van der Waals surface area contributed by atoms with Crippen molar-refractivity contribution >= 4 is 43.0 Å². The van der Waals surface area contributed by atoms with Crippen LogP contribution in [0.2, 0.25) is 0 Å².